The normalized spacial score (nSPS) is 20.8. The van der Waals surface area contributed by atoms with Crippen LogP contribution >= 0.6 is 11.8 Å². The van der Waals surface area contributed by atoms with Crippen LogP contribution in [0.4, 0.5) is 0 Å². The van der Waals surface area contributed by atoms with Gasteiger partial charge < -0.3 is 15.2 Å². The van der Waals surface area contributed by atoms with Crippen molar-refractivity contribution < 1.29 is 24.2 Å². The van der Waals surface area contributed by atoms with Gasteiger partial charge in [-0.05, 0) is 36.8 Å². The zero-order chi connectivity index (χ0) is 19.1. The average Bonchev–Trinajstić information content (AvgIpc) is 2.67. The number of benzene rings is 1. The summed E-state index contributed by atoms with van der Waals surface area (Å²) in [6, 6.07) is 7.06. The van der Waals surface area contributed by atoms with Gasteiger partial charge in [0.15, 0.2) is 0 Å². The molecular formula is C19H25NO5S. The number of nitrogens with one attached hydrogen (secondary N) is 1. The van der Waals surface area contributed by atoms with Crippen LogP contribution in [-0.2, 0) is 19.1 Å². The van der Waals surface area contributed by atoms with Gasteiger partial charge in [0.1, 0.15) is 0 Å². The average molecular weight is 379 g/mol. The van der Waals surface area contributed by atoms with Crippen LogP contribution in [0.2, 0.25) is 0 Å². The highest BCUT2D eigenvalue weighted by Gasteiger charge is 2.36. The third-order valence-electron chi connectivity index (χ3n) is 4.85. The van der Waals surface area contributed by atoms with E-state index in [9.17, 15) is 19.5 Å². The van der Waals surface area contributed by atoms with Crippen molar-refractivity contribution >= 4 is 29.6 Å². The topological polar surface area (TPSA) is 92.7 Å². The molecule has 1 saturated carbocycles. The van der Waals surface area contributed by atoms with E-state index in [0.29, 0.717) is 12.8 Å². The van der Waals surface area contributed by atoms with Crippen LogP contribution in [-0.4, -0.2) is 36.3 Å². The Labute approximate surface area is 157 Å². The van der Waals surface area contributed by atoms with E-state index in [2.05, 4.69) is 5.32 Å². The van der Waals surface area contributed by atoms with Crippen LogP contribution < -0.4 is 5.32 Å². The van der Waals surface area contributed by atoms with Gasteiger partial charge in [-0.1, -0.05) is 25.0 Å². The van der Waals surface area contributed by atoms with Gasteiger partial charge in [0.05, 0.1) is 31.4 Å². The summed E-state index contributed by atoms with van der Waals surface area (Å²) in [6.07, 6.45) is 4.70. The number of carbonyl (C=O) groups excluding carboxylic acids is 2. The molecule has 2 N–H and O–H groups in total. The van der Waals surface area contributed by atoms with Crippen LogP contribution in [0.15, 0.2) is 29.2 Å². The highest BCUT2D eigenvalue weighted by atomic mass is 32.2. The number of esters is 1. The molecule has 0 aromatic heterocycles. The molecular weight excluding hydrogens is 354 g/mol. The molecule has 1 fully saturated rings. The number of aliphatic carboxylic acids is 1. The summed E-state index contributed by atoms with van der Waals surface area (Å²) in [5, 5.41) is 12.3. The van der Waals surface area contributed by atoms with Crippen LogP contribution in [0, 0.1) is 11.8 Å². The molecule has 1 aromatic rings. The molecule has 26 heavy (non-hydrogen) atoms. The van der Waals surface area contributed by atoms with Crippen LogP contribution in [0.3, 0.4) is 0 Å². The van der Waals surface area contributed by atoms with Gasteiger partial charge in [-0.3, -0.25) is 14.4 Å². The number of hydrogen-bond donors (Lipinski definition) is 2. The Hall–Kier alpha value is -2.02. The maximum Gasteiger partial charge on any atom is 0.307 e. The van der Waals surface area contributed by atoms with Gasteiger partial charge in [-0.25, -0.2) is 0 Å². The van der Waals surface area contributed by atoms with Gasteiger partial charge in [0, 0.05) is 4.90 Å². The first kappa shape index (κ1) is 20.3. The van der Waals surface area contributed by atoms with Crippen molar-refractivity contribution in [3.05, 3.63) is 29.8 Å². The SMILES string of the molecule is COC(=O)C[C@H](NC(=O)[C@H]1CCCC[C@@H]1C(=O)O)c1ccc(SC)cc1. The lowest BCUT2D eigenvalue weighted by Crippen LogP contribution is -2.41. The van der Waals surface area contributed by atoms with E-state index >= 15 is 0 Å². The standard InChI is InChI=1S/C19H25NO5S/c1-25-17(21)11-16(12-7-9-13(26-2)10-8-12)20-18(22)14-5-3-4-6-15(14)19(23)24/h7-10,14-16H,3-6,11H2,1-2H3,(H,20,22)(H,23,24)/t14-,15-,16-/m0/s1. The first-order valence-corrected chi connectivity index (χ1v) is 9.92. The van der Waals surface area contributed by atoms with Gasteiger partial charge in [0.25, 0.3) is 0 Å². The monoisotopic (exact) mass is 379 g/mol. The van der Waals surface area contributed by atoms with Crippen molar-refractivity contribution in [3.8, 4) is 0 Å². The molecule has 1 amide bonds. The van der Waals surface area contributed by atoms with Crippen molar-refractivity contribution in [3.63, 3.8) is 0 Å². The minimum absolute atomic E-state index is 0.00527. The van der Waals surface area contributed by atoms with Crippen LogP contribution in [0.5, 0.6) is 0 Å². The Bertz CT molecular complexity index is 646. The maximum absolute atomic E-state index is 12.8. The third kappa shape index (κ3) is 5.24. The van der Waals surface area contributed by atoms with E-state index in [4.69, 9.17) is 4.74 Å². The third-order valence-corrected chi connectivity index (χ3v) is 5.60. The fraction of sp³-hybridized carbons (Fsp3) is 0.526. The van der Waals surface area contributed by atoms with Crippen LogP contribution in [0.1, 0.15) is 43.7 Å². The van der Waals surface area contributed by atoms with Gasteiger partial charge >= 0.3 is 11.9 Å². The van der Waals surface area contributed by atoms with Crippen molar-refractivity contribution in [1.82, 2.24) is 5.32 Å². The summed E-state index contributed by atoms with van der Waals surface area (Å²) in [6.45, 7) is 0. The number of carbonyl (C=O) groups is 3. The molecule has 6 nitrogen and oxygen atoms in total. The van der Waals surface area contributed by atoms with Crippen molar-refractivity contribution in [2.24, 2.45) is 11.8 Å². The number of carboxylic acids is 1. The zero-order valence-corrected chi connectivity index (χ0v) is 15.9. The number of hydrogen-bond acceptors (Lipinski definition) is 5. The lowest BCUT2D eigenvalue weighted by Gasteiger charge is -2.29. The Morgan fingerprint density at radius 1 is 1.19 bits per heavy atom. The first-order chi connectivity index (χ1) is 12.5. The summed E-state index contributed by atoms with van der Waals surface area (Å²) in [4.78, 5) is 37.1. The Morgan fingerprint density at radius 2 is 1.81 bits per heavy atom. The maximum atomic E-state index is 12.8. The summed E-state index contributed by atoms with van der Waals surface area (Å²) in [5.74, 6) is -2.89. The fourth-order valence-electron chi connectivity index (χ4n) is 3.36. The van der Waals surface area contributed by atoms with E-state index in [1.54, 1.807) is 11.8 Å². The molecule has 0 spiro atoms. The lowest BCUT2D eigenvalue weighted by molar-refractivity contribution is -0.149. The van der Waals surface area contributed by atoms with E-state index < -0.39 is 29.8 Å². The molecule has 0 aliphatic heterocycles. The molecule has 1 aliphatic carbocycles. The molecule has 0 saturated heterocycles. The number of amides is 1. The van der Waals surface area contributed by atoms with E-state index in [-0.39, 0.29) is 12.3 Å². The highest BCUT2D eigenvalue weighted by Crippen LogP contribution is 2.31. The molecule has 0 heterocycles. The van der Waals surface area contributed by atoms with E-state index in [1.807, 2.05) is 30.5 Å². The van der Waals surface area contributed by atoms with Crippen LogP contribution in [0.25, 0.3) is 0 Å². The van der Waals surface area contributed by atoms with Gasteiger partial charge in [0.2, 0.25) is 5.91 Å². The summed E-state index contributed by atoms with van der Waals surface area (Å²) in [7, 11) is 1.31. The largest absolute Gasteiger partial charge is 0.481 e. The molecule has 2 rings (SSSR count). The quantitative estimate of drug-likeness (QED) is 0.559. The molecule has 1 aliphatic rings. The molecule has 7 heteroatoms. The smallest absolute Gasteiger partial charge is 0.307 e. The minimum atomic E-state index is -0.932. The van der Waals surface area contributed by atoms with Crippen molar-refractivity contribution in [2.45, 2.75) is 43.0 Å². The number of methoxy groups -OCH3 is 1. The van der Waals surface area contributed by atoms with E-state index in [1.165, 1.54) is 7.11 Å². The first-order valence-electron chi connectivity index (χ1n) is 8.70. The second-order valence-electron chi connectivity index (χ2n) is 6.45. The molecule has 0 bridgehead atoms. The van der Waals surface area contributed by atoms with Crippen molar-refractivity contribution in [2.75, 3.05) is 13.4 Å². The number of ether oxygens (including phenoxy) is 1. The Kier molecular flexibility index (Phi) is 7.50. The second kappa shape index (κ2) is 9.62. The Balaban J connectivity index is 2.17. The van der Waals surface area contributed by atoms with Gasteiger partial charge in [-0.2, -0.15) is 0 Å². The molecule has 0 radical (unpaired) electrons. The summed E-state index contributed by atoms with van der Waals surface area (Å²) >= 11 is 1.60. The summed E-state index contributed by atoms with van der Waals surface area (Å²) < 4.78 is 4.75. The predicted molar refractivity (Wildman–Crippen MR) is 98.8 cm³/mol. The molecule has 0 unspecified atom stereocenters. The molecule has 3 atom stereocenters. The summed E-state index contributed by atoms with van der Waals surface area (Å²) in [5.41, 5.74) is 0.796. The van der Waals surface area contributed by atoms with Crippen molar-refractivity contribution in [1.29, 1.82) is 0 Å². The fourth-order valence-corrected chi connectivity index (χ4v) is 3.77. The zero-order valence-electron chi connectivity index (χ0n) is 15.1. The Morgan fingerprint density at radius 3 is 2.35 bits per heavy atom. The molecule has 142 valence electrons. The van der Waals surface area contributed by atoms with Gasteiger partial charge in [-0.15, -0.1) is 11.8 Å². The van der Waals surface area contributed by atoms with E-state index in [0.717, 1.165) is 23.3 Å². The number of thioether (sulfide) groups is 1. The number of rotatable bonds is 7. The predicted octanol–water partition coefficient (Wildman–Crippen LogP) is 3.02. The molecule has 1 aromatic carbocycles. The highest BCUT2D eigenvalue weighted by molar-refractivity contribution is 7.98. The second-order valence-corrected chi connectivity index (χ2v) is 7.33. The number of carboxylic acid groups (broad SMARTS) is 1. The lowest BCUT2D eigenvalue weighted by atomic mass is 9.78. The minimum Gasteiger partial charge on any atom is -0.481 e.